The van der Waals surface area contributed by atoms with Gasteiger partial charge in [0.1, 0.15) is 0 Å². The van der Waals surface area contributed by atoms with E-state index in [2.05, 4.69) is 10.0 Å². The number of amides is 1. The van der Waals surface area contributed by atoms with E-state index in [9.17, 15) is 18.3 Å². The topological polar surface area (TPSA) is 95.5 Å². The smallest absolute Gasteiger partial charge is 0.240 e. The molecule has 0 spiro atoms. The van der Waals surface area contributed by atoms with E-state index in [-0.39, 0.29) is 35.2 Å². The van der Waals surface area contributed by atoms with E-state index < -0.39 is 10.0 Å². The molecule has 6 nitrogen and oxygen atoms in total. The van der Waals surface area contributed by atoms with Crippen LogP contribution in [0.15, 0.2) is 59.5 Å². The molecule has 0 heterocycles. The summed E-state index contributed by atoms with van der Waals surface area (Å²) >= 11 is 0. The second kappa shape index (κ2) is 10.9. The summed E-state index contributed by atoms with van der Waals surface area (Å²) in [5.41, 5.74) is 2.12. The summed E-state index contributed by atoms with van der Waals surface area (Å²) in [7, 11) is -3.48. The predicted octanol–water partition coefficient (Wildman–Crippen LogP) is 3.18. The van der Waals surface area contributed by atoms with Crippen molar-refractivity contribution in [3.8, 4) is 0 Å². The largest absolute Gasteiger partial charge is 0.396 e. The summed E-state index contributed by atoms with van der Waals surface area (Å²) in [6, 6.07) is 16.3. The average molecular weight is 445 g/mol. The number of carbonyl (C=O) groups is 1. The van der Waals surface area contributed by atoms with Gasteiger partial charge in [0.15, 0.2) is 0 Å². The van der Waals surface area contributed by atoms with Crippen LogP contribution in [0, 0.1) is 11.8 Å². The molecular weight excluding hydrogens is 412 g/mol. The molecule has 168 valence electrons. The molecule has 1 fully saturated rings. The quantitative estimate of drug-likeness (QED) is 0.554. The van der Waals surface area contributed by atoms with E-state index in [1.807, 2.05) is 31.2 Å². The molecule has 1 unspecified atom stereocenters. The molecule has 3 rings (SSSR count). The van der Waals surface area contributed by atoms with Crippen molar-refractivity contribution in [2.75, 3.05) is 13.2 Å². The first-order chi connectivity index (χ1) is 14.9. The molecule has 0 saturated heterocycles. The van der Waals surface area contributed by atoms with Crippen LogP contribution in [-0.4, -0.2) is 32.6 Å². The Hall–Kier alpha value is -2.22. The summed E-state index contributed by atoms with van der Waals surface area (Å²) in [5, 5.41) is 12.3. The molecule has 0 aliphatic heterocycles. The van der Waals surface area contributed by atoms with Gasteiger partial charge in [-0.15, -0.1) is 0 Å². The van der Waals surface area contributed by atoms with E-state index in [0.29, 0.717) is 13.1 Å². The molecule has 1 aliphatic carbocycles. The summed E-state index contributed by atoms with van der Waals surface area (Å²) in [6.45, 7) is 2.99. The van der Waals surface area contributed by atoms with E-state index in [0.717, 1.165) is 36.8 Å². The molecule has 31 heavy (non-hydrogen) atoms. The Labute approximate surface area is 185 Å². The zero-order valence-corrected chi connectivity index (χ0v) is 18.8. The SMILES string of the molecule is CC(CO)c1ccc(CNC(=O)C2CCC(CNS(=O)(=O)c3ccccc3)CC2)cc1. The maximum Gasteiger partial charge on any atom is 0.240 e. The molecular formula is C24H32N2O4S. The van der Waals surface area contributed by atoms with Crippen LogP contribution in [0.5, 0.6) is 0 Å². The van der Waals surface area contributed by atoms with Crippen LogP contribution >= 0.6 is 0 Å². The lowest BCUT2D eigenvalue weighted by Gasteiger charge is -2.28. The highest BCUT2D eigenvalue weighted by molar-refractivity contribution is 7.89. The Balaban J connectivity index is 1.40. The van der Waals surface area contributed by atoms with Gasteiger partial charge in [0.2, 0.25) is 15.9 Å². The van der Waals surface area contributed by atoms with Crippen molar-refractivity contribution in [1.82, 2.24) is 10.0 Å². The second-order valence-corrected chi connectivity index (χ2v) is 10.2. The van der Waals surface area contributed by atoms with Crippen molar-refractivity contribution in [3.63, 3.8) is 0 Å². The van der Waals surface area contributed by atoms with Crippen molar-refractivity contribution in [3.05, 3.63) is 65.7 Å². The van der Waals surface area contributed by atoms with Gasteiger partial charge in [-0.3, -0.25) is 4.79 Å². The van der Waals surface area contributed by atoms with E-state index >= 15 is 0 Å². The number of aliphatic hydroxyl groups excluding tert-OH is 1. The fraction of sp³-hybridized carbons (Fsp3) is 0.458. The molecule has 1 saturated carbocycles. The average Bonchev–Trinajstić information content (AvgIpc) is 2.82. The van der Waals surface area contributed by atoms with Crippen molar-refractivity contribution in [2.45, 2.75) is 50.0 Å². The van der Waals surface area contributed by atoms with Crippen LogP contribution in [0.1, 0.15) is 49.7 Å². The number of rotatable bonds is 9. The van der Waals surface area contributed by atoms with E-state index in [1.165, 1.54) is 0 Å². The molecule has 0 aromatic heterocycles. The molecule has 7 heteroatoms. The maximum atomic E-state index is 12.5. The van der Waals surface area contributed by atoms with Crippen molar-refractivity contribution in [2.24, 2.45) is 11.8 Å². The monoisotopic (exact) mass is 444 g/mol. The second-order valence-electron chi connectivity index (χ2n) is 8.43. The Bertz CT molecular complexity index is 937. The van der Waals surface area contributed by atoms with E-state index in [4.69, 9.17) is 0 Å². The summed E-state index contributed by atoms with van der Waals surface area (Å²) < 4.78 is 27.4. The van der Waals surface area contributed by atoms with Gasteiger partial charge in [-0.25, -0.2) is 13.1 Å². The Morgan fingerprint density at radius 2 is 1.68 bits per heavy atom. The van der Waals surface area contributed by atoms with Crippen LogP contribution in [-0.2, 0) is 21.4 Å². The fourth-order valence-electron chi connectivity index (χ4n) is 3.94. The highest BCUT2D eigenvalue weighted by Gasteiger charge is 2.27. The van der Waals surface area contributed by atoms with Crippen LogP contribution in [0.4, 0.5) is 0 Å². The van der Waals surface area contributed by atoms with Crippen LogP contribution in [0.2, 0.25) is 0 Å². The first-order valence-corrected chi connectivity index (χ1v) is 12.4. The minimum absolute atomic E-state index is 0.0179. The van der Waals surface area contributed by atoms with Crippen LogP contribution < -0.4 is 10.0 Å². The minimum atomic E-state index is -3.48. The number of hydrogen-bond donors (Lipinski definition) is 3. The summed E-state index contributed by atoms with van der Waals surface area (Å²) in [6.07, 6.45) is 3.22. The fourth-order valence-corrected chi connectivity index (χ4v) is 5.08. The molecule has 3 N–H and O–H groups in total. The van der Waals surface area contributed by atoms with Crippen LogP contribution in [0.3, 0.4) is 0 Å². The molecule has 0 radical (unpaired) electrons. The van der Waals surface area contributed by atoms with Gasteiger partial charge in [-0.1, -0.05) is 49.4 Å². The zero-order chi connectivity index (χ0) is 22.3. The maximum absolute atomic E-state index is 12.5. The zero-order valence-electron chi connectivity index (χ0n) is 18.0. The molecule has 1 aliphatic rings. The van der Waals surface area contributed by atoms with Gasteiger partial charge in [0.05, 0.1) is 4.90 Å². The molecule has 0 bridgehead atoms. The van der Waals surface area contributed by atoms with Gasteiger partial charge in [-0.2, -0.15) is 0 Å². The number of nitrogens with one attached hydrogen (secondary N) is 2. The Morgan fingerprint density at radius 1 is 1.03 bits per heavy atom. The lowest BCUT2D eigenvalue weighted by molar-refractivity contribution is -0.126. The summed E-state index contributed by atoms with van der Waals surface area (Å²) in [4.78, 5) is 12.8. The standard InChI is InChI=1S/C24H32N2O4S/c1-18(17-27)21-11-7-19(8-12-21)15-25-24(28)22-13-9-20(10-14-22)16-26-31(29,30)23-5-3-2-4-6-23/h2-8,11-12,18,20,22,26-27H,9-10,13-17H2,1H3,(H,25,28). The van der Waals surface area contributed by atoms with Gasteiger partial charge in [0.25, 0.3) is 0 Å². The number of benzene rings is 2. The summed E-state index contributed by atoms with van der Waals surface area (Å²) in [5.74, 6) is 0.409. The highest BCUT2D eigenvalue weighted by atomic mass is 32.2. The Kier molecular flexibility index (Phi) is 8.23. The first kappa shape index (κ1) is 23.4. The van der Waals surface area contributed by atoms with Crippen molar-refractivity contribution in [1.29, 1.82) is 0 Å². The highest BCUT2D eigenvalue weighted by Crippen LogP contribution is 2.29. The van der Waals surface area contributed by atoms with Gasteiger partial charge >= 0.3 is 0 Å². The van der Waals surface area contributed by atoms with Gasteiger partial charge < -0.3 is 10.4 Å². The third kappa shape index (κ3) is 6.63. The predicted molar refractivity (Wildman–Crippen MR) is 121 cm³/mol. The first-order valence-electron chi connectivity index (χ1n) is 10.9. The minimum Gasteiger partial charge on any atom is -0.396 e. The molecule has 2 aromatic rings. The number of aliphatic hydroxyl groups is 1. The molecule has 1 atom stereocenters. The molecule has 1 amide bonds. The van der Waals surface area contributed by atoms with E-state index in [1.54, 1.807) is 30.3 Å². The number of sulfonamides is 1. The lowest BCUT2D eigenvalue weighted by atomic mass is 9.81. The third-order valence-electron chi connectivity index (χ3n) is 6.12. The van der Waals surface area contributed by atoms with Gasteiger partial charge in [0, 0.05) is 31.5 Å². The third-order valence-corrected chi connectivity index (χ3v) is 7.56. The Morgan fingerprint density at radius 3 is 2.29 bits per heavy atom. The van der Waals surface area contributed by atoms with Gasteiger partial charge in [-0.05, 0) is 54.9 Å². The molecule has 2 aromatic carbocycles. The lowest BCUT2D eigenvalue weighted by Crippen LogP contribution is -2.36. The van der Waals surface area contributed by atoms with Crippen LogP contribution in [0.25, 0.3) is 0 Å². The van der Waals surface area contributed by atoms with Crippen molar-refractivity contribution < 1.29 is 18.3 Å². The van der Waals surface area contributed by atoms with Crippen molar-refractivity contribution >= 4 is 15.9 Å². The number of hydrogen-bond acceptors (Lipinski definition) is 4. The normalized spacial score (nSPS) is 20.2. The number of carbonyl (C=O) groups excluding carboxylic acids is 1.